The van der Waals surface area contributed by atoms with Gasteiger partial charge in [-0.2, -0.15) is 0 Å². The Morgan fingerprint density at radius 2 is 1.83 bits per heavy atom. The first-order chi connectivity index (χ1) is 11.8. The Bertz CT molecular complexity index is 636. The molecule has 0 unspecified atom stereocenters. The molecule has 1 amide bonds. The van der Waals surface area contributed by atoms with Crippen LogP contribution in [0.25, 0.3) is 0 Å². The fourth-order valence-electron chi connectivity index (χ4n) is 2.91. The molecule has 0 bridgehead atoms. The third-order valence-corrected chi connectivity index (χ3v) is 4.28. The predicted molar refractivity (Wildman–Crippen MR) is 92.6 cm³/mol. The van der Waals surface area contributed by atoms with Crippen molar-refractivity contribution in [1.82, 2.24) is 20.3 Å². The van der Waals surface area contributed by atoms with E-state index in [4.69, 9.17) is 0 Å². The monoisotopic (exact) mass is 325 g/mol. The number of nitrogens with one attached hydrogen (secondary N) is 2. The SMILES string of the molecule is O=C(NC1CCCCCC1)c1cnc(NCc2cccnc2)nc1. The van der Waals surface area contributed by atoms with Gasteiger partial charge >= 0.3 is 0 Å². The Morgan fingerprint density at radius 1 is 1.08 bits per heavy atom. The normalized spacial score (nSPS) is 15.5. The molecule has 2 aromatic rings. The van der Waals surface area contributed by atoms with Crippen LogP contribution in [0.5, 0.6) is 0 Å². The fraction of sp³-hybridized carbons (Fsp3) is 0.444. The number of anilines is 1. The molecule has 1 saturated carbocycles. The zero-order valence-corrected chi connectivity index (χ0v) is 13.7. The van der Waals surface area contributed by atoms with Crippen molar-refractivity contribution in [2.75, 3.05) is 5.32 Å². The summed E-state index contributed by atoms with van der Waals surface area (Å²) in [5.74, 6) is 0.422. The van der Waals surface area contributed by atoms with E-state index in [0.717, 1.165) is 18.4 Å². The van der Waals surface area contributed by atoms with Crippen molar-refractivity contribution in [2.45, 2.75) is 51.1 Å². The van der Waals surface area contributed by atoms with Crippen molar-refractivity contribution in [1.29, 1.82) is 0 Å². The number of amides is 1. The van der Waals surface area contributed by atoms with E-state index in [1.165, 1.54) is 25.7 Å². The molecule has 2 heterocycles. The van der Waals surface area contributed by atoms with Crippen molar-refractivity contribution in [3.05, 3.63) is 48.0 Å². The molecule has 6 nitrogen and oxygen atoms in total. The molecule has 24 heavy (non-hydrogen) atoms. The number of carbonyl (C=O) groups is 1. The third-order valence-electron chi connectivity index (χ3n) is 4.28. The zero-order valence-electron chi connectivity index (χ0n) is 13.7. The van der Waals surface area contributed by atoms with Crippen molar-refractivity contribution in [3.8, 4) is 0 Å². The van der Waals surface area contributed by atoms with Crippen LogP contribution in [-0.4, -0.2) is 26.9 Å². The maximum Gasteiger partial charge on any atom is 0.254 e. The molecular weight excluding hydrogens is 302 g/mol. The van der Waals surface area contributed by atoms with E-state index in [2.05, 4.69) is 25.6 Å². The van der Waals surface area contributed by atoms with Gasteiger partial charge in [-0.25, -0.2) is 9.97 Å². The van der Waals surface area contributed by atoms with Gasteiger partial charge in [-0.05, 0) is 24.5 Å². The summed E-state index contributed by atoms with van der Waals surface area (Å²) >= 11 is 0. The lowest BCUT2D eigenvalue weighted by molar-refractivity contribution is 0.0932. The Balaban J connectivity index is 1.52. The van der Waals surface area contributed by atoms with Gasteiger partial charge in [0.25, 0.3) is 5.91 Å². The predicted octanol–water partition coefficient (Wildman–Crippen LogP) is 2.94. The van der Waals surface area contributed by atoms with Crippen molar-refractivity contribution in [2.24, 2.45) is 0 Å². The molecule has 2 N–H and O–H groups in total. The lowest BCUT2D eigenvalue weighted by Gasteiger charge is -2.16. The molecule has 126 valence electrons. The van der Waals surface area contributed by atoms with Gasteiger partial charge in [0, 0.05) is 37.4 Å². The molecule has 1 aliphatic carbocycles. The number of hydrogen-bond acceptors (Lipinski definition) is 5. The van der Waals surface area contributed by atoms with Crippen LogP contribution in [0.4, 0.5) is 5.95 Å². The first-order valence-electron chi connectivity index (χ1n) is 8.57. The van der Waals surface area contributed by atoms with Gasteiger partial charge in [0.05, 0.1) is 5.56 Å². The molecule has 0 saturated heterocycles. The van der Waals surface area contributed by atoms with Gasteiger partial charge in [0.2, 0.25) is 5.95 Å². The average molecular weight is 325 g/mol. The number of hydrogen-bond donors (Lipinski definition) is 2. The van der Waals surface area contributed by atoms with Gasteiger partial charge in [0.15, 0.2) is 0 Å². The highest BCUT2D eigenvalue weighted by Gasteiger charge is 2.16. The molecule has 1 aliphatic rings. The summed E-state index contributed by atoms with van der Waals surface area (Å²) in [6.45, 7) is 0.599. The van der Waals surface area contributed by atoms with E-state index in [1.54, 1.807) is 24.8 Å². The van der Waals surface area contributed by atoms with Crippen LogP contribution in [0.15, 0.2) is 36.9 Å². The van der Waals surface area contributed by atoms with Gasteiger partial charge in [0.1, 0.15) is 0 Å². The number of nitrogens with zero attached hydrogens (tertiary/aromatic N) is 3. The van der Waals surface area contributed by atoms with E-state index in [-0.39, 0.29) is 11.9 Å². The van der Waals surface area contributed by atoms with Gasteiger partial charge in [-0.15, -0.1) is 0 Å². The van der Waals surface area contributed by atoms with E-state index in [0.29, 0.717) is 18.1 Å². The van der Waals surface area contributed by atoms with Gasteiger partial charge < -0.3 is 10.6 Å². The second-order valence-electron chi connectivity index (χ2n) is 6.17. The summed E-state index contributed by atoms with van der Waals surface area (Å²) in [6, 6.07) is 4.15. The van der Waals surface area contributed by atoms with Crippen LogP contribution in [0.3, 0.4) is 0 Å². The minimum absolute atomic E-state index is 0.0827. The molecule has 3 rings (SSSR count). The molecule has 1 fully saturated rings. The average Bonchev–Trinajstić information content (AvgIpc) is 2.90. The minimum Gasteiger partial charge on any atom is -0.350 e. The zero-order chi connectivity index (χ0) is 16.6. The van der Waals surface area contributed by atoms with Crippen molar-refractivity contribution in [3.63, 3.8) is 0 Å². The summed E-state index contributed by atoms with van der Waals surface area (Å²) in [4.78, 5) is 24.8. The smallest absolute Gasteiger partial charge is 0.254 e. The number of carbonyl (C=O) groups excluding carboxylic acids is 1. The first kappa shape index (κ1) is 16.4. The number of pyridine rings is 1. The standard InChI is InChI=1S/C18H23N5O/c24-17(23-16-7-3-1-2-4-8-16)15-12-21-18(22-13-15)20-11-14-6-5-9-19-10-14/h5-6,9-10,12-13,16H,1-4,7-8,11H2,(H,23,24)(H,20,21,22). The summed E-state index contributed by atoms with van der Waals surface area (Å²) in [7, 11) is 0. The maximum absolute atomic E-state index is 12.3. The first-order valence-corrected chi connectivity index (χ1v) is 8.57. The molecule has 0 spiro atoms. The maximum atomic E-state index is 12.3. The Kier molecular flexibility index (Phi) is 5.71. The fourth-order valence-corrected chi connectivity index (χ4v) is 2.91. The van der Waals surface area contributed by atoms with Crippen LogP contribution in [-0.2, 0) is 6.54 Å². The lowest BCUT2D eigenvalue weighted by atomic mass is 10.1. The van der Waals surface area contributed by atoms with Crippen molar-refractivity contribution < 1.29 is 4.79 Å². The van der Waals surface area contributed by atoms with Crippen LogP contribution in [0.1, 0.15) is 54.4 Å². The van der Waals surface area contributed by atoms with E-state index in [1.807, 2.05) is 12.1 Å². The molecule has 6 heteroatoms. The summed E-state index contributed by atoms with van der Waals surface area (Å²) in [5.41, 5.74) is 1.56. The second kappa shape index (κ2) is 8.38. The molecule has 0 atom stereocenters. The minimum atomic E-state index is -0.0827. The highest BCUT2D eigenvalue weighted by atomic mass is 16.1. The summed E-state index contributed by atoms with van der Waals surface area (Å²) in [6.07, 6.45) is 13.7. The summed E-state index contributed by atoms with van der Waals surface area (Å²) in [5, 5.41) is 6.23. The van der Waals surface area contributed by atoms with Gasteiger partial charge in [-0.3, -0.25) is 9.78 Å². The van der Waals surface area contributed by atoms with Crippen LogP contribution in [0, 0.1) is 0 Å². The number of aromatic nitrogens is 3. The Labute approximate surface area is 142 Å². The number of rotatable bonds is 5. The third kappa shape index (κ3) is 4.75. The quantitative estimate of drug-likeness (QED) is 0.826. The van der Waals surface area contributed by atoms with Crippen molar-refractivity contribution >= 4 is 11.9 Å². The highest BCUT2D eigenvalue weighted by Crippen LogP contribution is 2.17. The lowest BCUT2D eigenvalue weighted by Crippen LogP contribution is -2.34. The highest BCUT2D eigenvalue weighted by molar-refractivity contribution is 5.93. The van der Waals surface area contributed by atoms with Crippen LogP contribution < -0.4 is 10.6 Å². The Hall–Kier alpha value is -2.50. The van der Waals surface area contributed by atoms with Gasteiger partial charge in [-0.1, -0.05) is 31.7 Å². The molecule has 2 aromatic heterocycles. The van der Waals surface area contributed by atoms with E-state index < -0.39 is 0 Å². The summed E-state index contributed by atoms with van der Waals surface area (Å²) < 4.78 is 0. The molecule has 0 radical (unpaired) electrons. The Morgan fingerprint density at radius 3 is 2.50 bits per heavy atom. The molecule has 0 aromatic carbocycles. The molecule has 0 aliphatic heterocycles. The van der Waals surface area contributed by atoms with Crippen LogP contribution in [0.2, 0.25) is 0 Å². The largest absolute Gasteiger partial charge is 0.350 e. The topological polar surface area (TPSA) is 79.8 Å². The van der Waals surface area contributed by atoms with E-state index >= 15 is 0 Å². The second-order valence-corrected chi connectivity index (χ2v) is 6.17. The molecular formula is C18H23N5O. The van der Waals surface area contributed by atoms with Crippen LogP contribution >= 0.6 is 0 Å². The van der Waals surface area contributed by atoms with E-state index in [9.17, 15) is 4.79 Å².